The summed E-state index contributed by atoms with van der Waals surface area (Å²) in [6.07, 6.45) is 3.17. The second-order valence-corrected chi connectivity index (χ2v) is 7.27. The van der Waals surface area contributed by atoms with Gasteiger partial charge in [-0.25, -0.2) is 13.8 Å². The van der Waals surface area contributed by atoms with Crippen molar-refractivity contribution in [3.8, 4) is 0 Å². The zero-order chi connectivity index (χ0) is 19.4. The van der Waals surface area contributed by atoms with Crippen molar-refractivity contribution in [1.29, 1.82) is 0 Å². The number of aromatic nitrogens is 3. The number of hydrogen-bond donors (Lipinski definition) is 1. The molecule has 0 bridgehead atoms. The largest absolute Gasteiger partial charge is 0.323 e. The monoisotopic (exact) mass is 387 g/mol. The molecule has 0 radical (unpaired) electrons. The van der Waals surface area contributed by atoms with E-state index in [2.05, 4.69) is 15.1 Å². The molecule has 2 N–H and O–H groups in total. The van der Waals surface area contributed by atoms with Crippen LogP contribution in [-0.4, -0.2) is 20.7 Å². The highest BCUT2D eigenvalue weighted by Crippen LogP contribution is 2.35. The molecule has 0 aliphatic carbocycles. The lowest BCUT2D eigenvalue weighted by Gasteiger charge is -2.12. The third kappa shape index (κ3) is 4.51. The SMILES string of the molecule is CC(C)c1nc(C=NN)n(Cc2ccccn2)c1Sc1cc(F)cc(F)c1. The third-order valence-corrected chi connectivity index (χ3v) is 4.90. The fraction of sp³-hybridized carbons (Fsp3) is 0.211. The molecule has 1 aromatic carbocycles. The second kappa shape index (κ2) is 8.30. The summed E-state index contributed by atoms with van der Waals surface area (Å²) in [5.74, 6) is 4.76. The molecular weight excluding hydrogens is 368 g/mol. The van der Waals surface area contributed by atoms with Gasteiger partial charge in [0.25, 0.3) is 0 Å². The molecule has 2 heterocycles. The summed E-state index contributed by atoms with van der Waals surface area (Å²) in [6.45, 7) is 4.45. The van der Waals surface area contributed by atoms with E-state index in [0.29, 0.717) is 17.3 Å². The van der Waals surface area contributed by atoms with Gasteiger partial charge >= 0.3 is 0 Å². The van der Waals surface area contributed by atoms with Gasteiger partial charge in [-0.15, -0.1) is 0 Å². The first-order valence-electron chi connectivity index (χ1n) is 8.35. The summed E-state index contributed by atoms with van der Waals surface area (Å²) < 4.78 is 29.2. The van der Waals surface area contributed by atoms with Gasteiger partial charge in [-0.05, 0) is 30.2 Å². The quantitative estimate of drug-likeness (QED) is 0.391. The lowest BCUT2D eigenvalue weighted by Crippen LogP contribution is -2.08. The fourth-order valence-corrected chi connectivity index (χ4v) is 3.85. The van der Waals surface area contributed by atoms with Crippen molar-refractivity contribution >= 4 is 18.0 Å². The minimum absolute atomic E-state index is 0.0980. The van der Waals surface area contributed by atoms with Crippen LogP contribution in [-0.2, 0) is 6.54 Å². The molecule has 0 saturated heterocycles. The maximum Gasteiger partial charge on any atom is 0.154 e. The molecule has 0 atom stereocenters. The number of rotatable bonds is 6. The van der Waals surface area contributed by atoms with Gasteiger partial charge in [0, 0.05) is 17.2 Å². The normalized spacial score (nSPS) is 11.6. The van der Waals surface area contributed by atoms with Gasteiger partial charge in [0.15, 0.2) is 5.82 Å². The number of pyridine rings is 1. The smallest absolute Gasteiger partial charge is 0.154 e. The minimum atomic E-state index is -0.622. The van der Waals surface area contributed by atoms with E-state index in [1.54, 1.807) is 6.20 Å². The predicted octanol–water partition coefficient (Wildman–Crippen LogP) is 4.17. The first-order chi connectivity index (χ1) is 13.0. The van der Waals surface area contributed by atoms with Crippen LogP contribution >= 0.6 is 11.8 Å². The molecule has 0 aliphatic rings. The van der Waals surface area contributed by atoms with E-state index < -0.39 is 11.6 Å². The van der Waals surface area contributed by atoms with Crippen molar-refractivity contribution in [2.45, 2.75) is 36.2 Å². The summed E-state index contributed by atoms with van der Waals surface area (Å²) >= 11 is 1.25. The minimum Gasteiger partial charge on any atom is -0.323 e. The summed E-state index contributed by atoms with van der Waals surface area (Å²) in [7, 11) is 0. The molecule has 0 saturated carbocycles. The number of imidazole rings is 1. The van der Waals surface area contributed by atoms with Gasteiger partial charge < -0.3 is 10.4 Å². The van der Waals surface area contributed by atoms with Crippen LogP contribution < -0.4 is 5.84 Å². The standard InChI is InChI=1S/C19H19F2N5S/c1-12(2)18-19(27-16-8-13(20)7-14(21)9-16)26(17(25-18)10-24-22)11-15-5-3-4-6-23-15/h3-10,12H,11,22H2,1-2H3. The molecule has 140 valence electrons. The Morgan fingerprint density at radius 1 is 1.22 bits per heavy atom. The lowest BCUT2D eigenvalue weighted by atomic mass is 10.1. The van der Waals surface area contributed by atoms with E-state index in [1.807, 2.05) is 36.6 Å². The van der Waals surface area contributed by atoms with Crippen LogP contribution in [0.15, 0.2) is 57.6 Å². The lowest BCUT2D eigenvalue weighted by molar-refractivity contribution is 0.577. The van der Waals surface area contributed by atoms with E-state index >= 15 is 0 Å². The van der Waals surface area contributed by atoms with Crippen molar-refractivity contribution in [1.82, 2.24) is 14.5 Å². The summed E-state index contributed by atoms with van der Waals surface area (Å²) in [5, 5.41) is 4.37. The molecule has 2 aromatic heterocycles. The fourth-order valence-electron chi connectivity index (χ4n) is 2.63. The van der Waals surface area contributed by atoms with Crippen LogP contribution in [0, 0.1) is 11.6 Å². The van der Waals surface area contributed by atoms with Crippen LogP contribution in [0.2, 0.25) is 0 Å². The van der Waals surface area contributed by atoms with Crippen LogP contribution in [0.5, 0.6) is 0 Å². The zero-order valence-corrected chi connectivity index (χ0v) is 15.8. The van der Waals surface area contributed by atoms with Gasteiger partial charge in [0.1, 0.15) is 16.7 Å². The summed E-state index contributed by atoms with van der Waals surface area (Å²) in [6, 6.07) is 9.08. The molecule has 0 spiro atoms. The topological polar surface area (TPSA) is 69.1 Å². The molecule has 27 heavy (non-hydrogen) atoms. The van der Waals surface area contributed by atoms with Gasteiger partial charge in [0.05, 0.1) is 24.1 Å². The average molecular weight is 387 g/mol. The number of hydrogen-bond acceptors (Lipinski definition) is 5. The van der Waals surface area contributed by atoms with Gasteiger partial charge in [0.2, 0.25) is 0 Å². The number of halogens is 2. The van der Waals surface area contributed by atoms with E-state index in [4.69, 9.17) is 5.84 Å². The average Bonchev–Trinajstić information content (AvgIpc) is 2.93. The first kappa shape index (κ1) is 19.0. The molecule has 3 aromatic rings. The van der Waals surface area contributed by atoms with Crippen LogP contribution in [0.4, 0.5) is 8.78 Å². The highest BCUT2D eigenvalue weighted by atomic mass is 32.2. The molecule has 5 nitrogen and oxygen atoms in total. The summed E-state index contributed by atoms with van der Waals surface area (Å²) in [4.78, 5) is 9.44. The molecule has 0 aliphatic heterocycles. The van der Waals surface area contributed by atoms with Gasteiger partial charge in [-0.1, -0.05) is 31.7 Å². The zero-order valence-electron chi connectivity index (χ0n) is 14.9. The van der Waals surface area contributed by atoms with Crippen molar-refractivity contribution in [2.75, 3.05) is 0 Å². The number of nitrogens with zero attached hydrogens (tertiary/aromatic N) is 4. The Hall–Kier alpha value is -2.74. The van der Waals surface area contributed by atoms with E-state index in [0.717, 1.165) is 22.5 Å². The Morgan fingerprint density at radius 3 is 2.56 bits per heavy atom. The van der Waals surface area contributed by atoms with E-state index in [-0.39, 0.29) is 5.92 Å². The predicted molar refractivity (Wildman–Crippen MR) is 102 cm³/mol. The number of hydrazone groups is 1. The Balaban J connectivity index is 2.10. The third-order valence-electron chi connectivity index (χ3n) is 3.81. The van der Waals surface area contributed by atoms with Gasteiger partial charge in [-0.3, -0.25) is 4.98 Å². The molecule has 0 fully saturated rings. The van der Waals surface area contributed by atoms with Gasteiger partial charge in [-0.2, -0.15) is 5.10 Å². The number of nitrogens with two attached hydrogens (primary N) is 1. The molecule has 0 unspecified atom stereocenters. The maximum absolute atomic E-state index is 13.6. The first-order valence-corrected chi connectivity index (χ1v) is 9.17. The highest BCUT2D eigenvalue weighted by molar-refractivity contribution is 7.99. The molecule has 3 rings (SSSR count). The summed E-state index contributed by atoms with van der Waals surface area (Å²) in [5.41, 5.74) is 1.62. The van der Waals surface area contributed by atoms with E-state index in [9.17, 15) is 8.78 Å². The molecule has 8 heteroatoms. The maximum atomic E-state index is 13.6. The Bertz CT molecular complexity index is 934. The number of benzene rings is 1. The highest BCUT2D eigenvalue weighted by Gasteiger charge is 2.21. The van der Waals surface area contributed by atoms with Crippen LogP contribution in [0.1, 0.15) is 37.0 Å². The van der Waals surface area contributed by atoms with Crippen molar-refractivity contribution in [2.24, 2.45) is 10.9 Å². The molecule has 0 amide bonds. The van der Waals surface area contributed by atoms with Crippen LogP contribution in [0.25, 0.3) is 0 Å². The van der Waals surface area contributed by atoms with Crippen molar-refractivity contribution < 1.29 is 8.78 Å². The Morgan fingerprint density at radius 2 is 1.96 bits per heavy atom. The second-order valence-electron chi connectivity index (χ2n) is 6.21. The Kier molecular flexibility index (Phi) is 5.85. The molecular formula is C19H19F2N5S. The van der Waals surface area contributed by atoms with Crippen molar-refractivity contribution in [3.63, 3.8) is 0 Å². The van der Waals surface area contributed by atoms with E-state index in [1.165, 1.54) is 30.1 Å². The van der Waals surface area contributed by atoms with Crippen molar-refractivity contribution in [3.05, 3.63) is 71.4 Å². The van der Waals surface area contributed by atoms with Crippen LogP contribution in [0.3, 0.4) is 0 Å². The Labute approximate surface area is 160 Å².